The third-order valence-electron chi connectivity index (χ3n) is 6.08. The summed E-state index contributed by atoms with van der Waals surface area (Å²) in [6.07, 6.45) is -3.51. The number of alkyl halides is 5. The second-order valence-corrected chi connectivity index (χ2v) is 8.20. The molecular weight excluding hydrogens is 417 g/mol. The van der Waals surface area contributed by atoms with Gasteiger partial charge in [-0.05, 0) is 50.9 Å². The topological polar surface area (TPSA) is 18.5 Å². The maximum absolute atomic E-state index is 14.5. The predicted octanol–water partition coefficient (Wildman–Crippen LogP) is 7.11. The van der Waals surface area contributed by atoms with Crippen LogP contribution in [0.25, 0.3) is 0 Å². The van der Waals surface area contributed by atoms with Crippen LogP contribution < -0.4 is 4.74 Å². The van der Waals surface area contributed by atoms with Crippen molar-refractivity contribution in [1.29, 1.82) is 0 Å². The van der Waals surface area contributed by atoms with Gasteiger partial charge in [0.25, 0.3) is 0 Å². The van der Waals surface area contributed by atoms with Crippen LogP contribution in [0.1, 0.15) is 63.9 Å². The smallest absolute Gasteiger partial charge is 0.422 e. The normalized spacial score (nSPS) is 28.0. The van der Waals surface area contributed by atoms with Gasteiger partial charge in [-0.1, -0.05) is 13.3 Å². The summed E-state index contributed by atoms with van der Waals surface area (Å²) >= 11 is 0. The minimum Gasteiger partial charge on any atom is -0.432 e. The first kappa shape index (κ1) is 23.2. The van der Waals surface area contributed by atoms with Gasteiger partial charge in [-0.2, -0.15) is 22.0 Å². The Labute approximate surface area is 170 Å². The Morgan fingerprint density at radius 3 is 2.07 bits per heavy atom. The fourth-order valence-corrected chi connectivity index (χ4v) is 4.56. The van der Waals surface area contributed by atoms with E-state index in [0.29, 0.717) is 12.8 Å². The molecule has 2 unspecified atom stereocenters. The molecule has 170 valence electrons. The Morgan fingerprint density at radius 2 is 1.53 bits per heavy atom. The Morgan fingerprint density at radius 1 is 0.933 bits per heavy atom. The molecule has 1 aliphatic heterocycles. The number of halogens is 7. The third-order valence-corrected chi connectivity index (χ3v) is 6.08. The molecule has 0 amide bonds. The van der Waals surface area contributed by atoms with Crippen LogP contribution in [-0.2, 0) is 10.9 Å². The summed E-state index contributed by atoms with van der Waals surface area (Å²) in [4.78, 5) is 0. The first-order chi connectivity index (χ1) is 14.0. The maximum atomic E-state index is 14.5. The van der Waals surface area contributed by atoms with Crippen molar-refractivity contribution >= 4 is 0 Å². The molecule has 1 saturated heterocycles. The Kier molecular flexibility index (Phi) is 6.89. The molecule has 30 heavy (non-hydrogen) atoms. The SMILES string of the molecule is CCCC1CCC(C2CCC(C(F)(F)Oc3cc(F)c(C(F)(F)F)c(F)c3)CC2)O1. The van der Waals surface area contributed by atoms with Gasteiger partial charge in [-0.25, -0.2) is 8.78 Å². The van der Waals surface area contributed by atoms with E-state index in [1.807, 2.05) is 0 Å². The lowest BCUT2D eigenvalue weighted by Crippen LogP contribution is -2.39. The molecule has 9 heteroatoms. The molecule has 3 rings (SSSR count). The van der Waals surface area contributed by atoms with E-state index in [4.69, 9.17) is 4.74 Å². The standard InChI is InChI=1S/C21H25F7O2/c1-2-3-14-8-9-18(29-14)12-4-6-13(7-5-12)21(27,28)30-15-10-16(22)19(17(23)11-15)20(24,25)26/h10-14,18H,2-9H2,1H3. The van der Waals surface area contributed by atoms with Crippen molar-refractivity contribution in [3.05, 3.63) is 29.3 Å². The van der Waals surface area contributed by atoms with E-state index in [1.165, 1.54) is 0 Å². The van der Waals surface area contributed by atoms with Crippen LogP contribution in [0.2, 0.25) is 0 Å². The summed E-state index contributed by atoms with van der Waals surface area (Å²) < 4.78 is 105. The van der Waals surface area contributed by atoms with E-state index in [1.54, 1.807) is 0 Å². The molecule has 2 aliphatic rings. The molecule has 0 aromatic heterocycles. The van der Waals surface area contributed by atoms with Crippen molar-refractivity contribution in [3.8, 4) is 5.75 Å². The first-order valence-electron chi connectivity index (χ1n) is 10.3. The summed E-state index contributed by atoms with van der Waals surface area (Å²) in [5.74, 6) is -5.95. The second-order valence-electron chi connectivity index (χ2n) is 8.20. The van der Waals surface area contributed by atoms with Gasteiger partial charge in [0.1, 0.15) is 22.9 Å². The van der Waals surface area contributed by atoms with Crippen LogP contribution in [0, 0.1) is 23.5 Å². The number of hydrogen-bond acceptors (Lipinski definition) is 2. The summed E-state index contributed by atoms with van der Waals surface area (Å²) in [6, 6.07) is 0.289. The molecule has 0 bridgehead atoms. The van der Waals surface area contributed by atoms with Crippen LogP contribution in [0.15, 0.2) is 12.1 Å². The molecule has 1 aromatic carbocycles. The van der Waals surface area contributed by atoms with E-state index >= 15 is 0 Å². The molecule has 2 fully saturated rings. The van der Waals surface area contributed by atoms with Crippen molar-refractivity contribution in [2.45, 2.75) is 82.8 Å². The average molecular weight is 442 g/mol. The zero-order valence-corrected chi connectivity index (χ0v) is 16.6. The van der Waals surface area contributed by atoms with Crippen molar-refractivity contribution in [1.82, 2.24) is 0 Å². The highest BCUT2D eigenvalue weighted by Crippen LogP contribution is 2.44. The lowest BCUT2D eigenvalue weighted by molar-refractivity contribution is -0.225. The lowest BCUT2D eigenvalue weighted by Gasteiger charge is -2.35. The van der Waals surface area contributed by atoms with E-state index in [2.05, 4.69) is 11.7 Å². The molecule has 0 spiro atoms. The molecular formula is C21H25F7O2. The minimum atomic E-state index is -5.27. The van der Waals surface area contributed by atoms with Crippen LogP contribution >= 0.6 is 0 Å². The van der Waals surface area contributed by atoms with Crippen LogP contribution in [-0.4, -0.2) is 18.3 Å². The van der Waals surface area contributed by atoms with Crippen molar-refractivity contribution < 1.29 is 40.2 Å². The van der Waals surface area contributed by atoms with Gasteiger partial charge < -0.3 is 9.47 Å². The van der Waals surface area contributed by atoms with Gasteiger partial charge in [0.2, 0.25) is 0 Å². The number of ether oxygens (including phenoxy) is 2. The van der Waals surface area contributed by atoms with Crippen molar-refractivity contribution in [2.24, 2.45) is 11.8 Å². The lowest BCUT2D eigenvalue weighted by atomic mass is 9.78. The van der Waals surface area contributed by atoms with Gasteiger partial charge in [0.05, 0.1) is 18.1 Å². The average Bonchev–Trinajstić information content (AvgIpc) is 3.08. The predicted molar refractivity (Wildman–Crippen MR) is 95.2 cm³/mol. The van der Waals surface area contributed by atoms with Gasteiger partial charge in [0, 0.05) is 12.1 Å². The number of benzene rings is 1. The molecule has 2 nitrogen and oxygen atoms in total. The first-order valence-corrected chi connectivity index (χ1v) is 10.3. The largest absolute Gasteiger partial charge is 0.432 e. The Bertz CT molecular complexity index is 704. The highest BCUT2D eigenvalue weighted by molar-refractivity contribution is 5.32. The monoisotopic (exact) mass is 442 g/mol. The molecule has 1 saturated carbocycles. The highest BCUT2D eigenvalue weighted by atomic mass is 19.4. The van der Waals surface area contributed by atoms with Crippen molar-refractivity contribution in [3.63, 3.8) is 0 Å². The number of hydrogen-bond donors (Lipinski definition) is 0. The zero-order chi connectivity index (χ0) is 22.1. The molecule has 1 aromatic rings. The van der Waals surface area contributed by atoms with Crippen LogP contribution in [0.3, 0.4) is 0 Å². The van der Waals surface area contributed by atoms with E-state index in [9.17, 15) is 30.7 Å². The Hall–Kier alpha value is -1.51. The fraction of sp³-hybridized carbons (Fsp3) is 0.714. The quantitative estimate of drug-likeness (QED) is 0.437. The van der Waals surface area contributed by atoms with Gasteiger partial charge in [0.15, 0.2) is 0 Å². The summed E-state index contributed by atoms with van der Waals surface area (Å²) in [7, 11) is 0. The van der Waals surface area contributed by atoms with Crippen molar-refractivity contribution in [2.75, 3.05) is 0 Å². The molecule has 0 N–H and O–H groups in total. The number of rotatable bonds is 6. The Balaban J connectivity index is 1.60. The summed E-state index contributed by atoms with van der Waals surface area (Å²) in [5, 5.41) is 0. The van der Waals surface area contributed by atoms with Crippen LogP contribution in [0.5, 0.6) is 5.75 Å². The van der Waals surface area contributed by atoms with E-state index in [-0.39, 0.29) is 43.1 Å². The third kappa shape index (κ3) is 5.21. The summed E-state index contributed by atoms with van der Waals surface area (Å²) in [6.45, 7) is 2.08. The molecule has 1 aliphatic carbocycles. The fourth-order valence-electron chi connectivity index (χ4n) is 4.56. The van der Waals surface area contributed by atoms with E-state index < -0.39 is 41.2 Å². The van der Waals surface area contributed by atoms with Gasteiger partial charge >= 0.3 is 12.3 Å². The summed E-state index contributed by atoms with van der Waals surface area (Å²) in [5.41, 5.74) is -2.13. The van der Waals surface area contributed by atoms with E-state index in [0.717, 1.165) is 25.7 Å². The minimum absolute atomic E-state index is 0.0649. The van der Waals surface area contributed by atoms with Gasteiger partial charge in [-0.15, -0.1) is 0 Å². The van der Waals surface area contributed by atoms with Crippen LogP contribution in [0.4, 0.5) is 30.7 Å². The highest BCUT2D eigenvalue weighted by Gasteiger charge is 2.46. The zero-order valence-electron chi connectivity index (χ0n) is 16.6. The molecule has 1 heterocycles. The molecule has 2 atom stereocenters. The second kappa shape index (κ2) is 8.93. The van der Waals surface area contributed by atoms with Gasteiger partial charge in [-0.3, -0.25) is 0 Å². The maximum Gasteiger partial charge on any atom is 0.422 e. The molecule has 0 radical (unpaired) electrons.